The Hall–Kier alpha value is -2.03. The average Bonchev–Trinajstić information content (AvgIpc) is 2.62. The molecule has 1 aliphatic rings. The molecule has 0 fully saturated rings. The minimum atomic E-state index is -0.926. The van der Waals surface area contributed by atoms with Crippen LogP contribution in [0.3, 0.4) is 0 Å². The van der Waals surface area contributed by atoms with E-state index in [1.807, 2.05) is 32.0 Å². The van der Waals surface area contributed by atoms with Crippen LogP contribution < -0.4 is 4.74 Å². The zero-order chi connectivity index (χ0) is 13.1. The Bertz CT molecular complexity index is 539. The maximum absolute atomic E-state index is 10.6. The zero-order valence-electron chi connectivity index (χ0n) is 10.6. The maximum Gasteiger partial charge on any atom is 0.328 e. The number of carboxylic acids is 1. The molecule has 0 amide bonds. The first-order chi connectivity index (χ1) is 8.61. The van der Waals surface area contributed by atoms with Gasteiger partial charge < -0.3 is 9.84 Å². The van der Waals surface area contributed by atoms with Crippen LogP contribution >= 0.6 is 0 Å². The molecule has 0 unspecified atom stereocenters. The molecule has 1 aliphatic carbocycles. The number of fused-ring (bicyclic) bond motifs is 1. The monoisotopic (exact) mass is 244 g/mol. The lowest BCUT2D eigenvalue weighted by molar-refractivity contribution is -0.131. The summed E-state index contributed by atoms with van der Waals surface area (Å²) in [6.45, 7) is 4.60. The van der Waals surface area contributed by atoms with Gasteiger partial charge in [-0.05, 0) is 55.2 Å². The number of aliphatic carboxylic acids is 1. The van der Waals surface area contributed by atoms with Crippen molar-refractivity contribution < 1.29 is 14.6 Å². The Labute approximate surface area is 106 Å². The van der Waals surface area contributed by atoms with Gasteiger partial charge in [-0.2, -0.15) is 0 Å². The SMILES string of the molecule is CCOc1ccc2c(c1)C(C=CC(=O)O)=C(C)C2. The van der Waals surface area contributed by atoms with E-state index >= 15 is 0 Å². The molecule has 3 heteroatoms. The summed E-state index contributed by atoms with van der Waals surface area (Å²) in [5.41, 5.74) is 4.49. The Morgan fingerprint density at radius 3 is 2.94 bits per heavy atom. The van der Waals surface area contributed by atoms with Crippen molar-refractivity contribution in [3.63, 3.8) is 0 Å². The lowest BCUT2D eigenvalue weighted by Crippen LogP contribution is -1.93. The number of hydrogen-bond donors (Lipinski definition) is 1. The molecule has 2 rings (SSSR count). The van der Waals surface area contributed by atoms with Gasteiger partial charge in [0.1, 0.15) is 5.75 Å². The molecule has 0 heterocycles. The van der Waals surface area contributed by atoms with Crippen LogP contribution in [0.25, 0.3) is 5.57 Å². The summed E-state index contributed by atoms with van der Waals surface area (Å²) in [5.74, 6) is -0.100. The first-order valence-electron chi connectivity index (χ1n) is 5.98. The normalized spacial score (nSPS) is 14.1. The van der Waals surface area contributed by atoms with Crippen molar-refractivity contribution in [3.8, 4) is 5.75 Å². The molecule has 94 valence electrons. The molecule has 0 aromatic heterocycles. The van der Waals surface area contributed by atoms with Crippen molar-refractivity contribution >= 4 is 11.5 Å². The quantitative estimate of drug-likeness (QED) is 0.828. The molecule has 0 saturated heterocycles. The van der Waals surface area contributed by atoms with E-state index in [2.05, 4.69) is 0 Å². The number of allylic oxidation sites excluding steroid dienone is 3. The van der Waals surface area contributed by atoms with Gasteiger partial charge in [-0.25, -0.2) is 4.79 Å². The highest BCUT2D eigenvalue weighted by atomic mass is 16.5. The number of ether oxygens (including phenoxy) is 1. The largest absolute Gasteiger partial charge is 0.494 e. The maximum atomic E-state index is 10.6. The van der Waals surface area contributed by atoms with Gasteiger partial charge in [-0.15, -0.1) is 0 Å². The second kappa shape index (κ2) is 5.08. The van der Waals surface area contributed by atoms with Crippen LogP contribution in [0.1, 0.15) is 25.0 Å². The predicted molar refractivity (Wildman–Crippen MR) is 70.7 cm³/mol. The van der Waals surface area contributed by atoms with Gasteiger partial charge in [0.2, 0.25) is 0 Å². The van der Waals surface area contributed by atoms with Gasteiger partial charge in [0.15, 0.2) is 0 Å². The molecule has 0 atom stereocenters. The summed E-state index contributed by atoms with van der Waals surface area (Å²) >= 11 is 0. The van der Waals surface area contributed by atoms with Crippen molar-refractivity contribution in [2.75, 3.05) is 6.61 Å². The van der Waals surface area contributed by atoms with E-state index < -0.39 is 5.97 Å². The van der Waals surface area contributed by atoms with Crippen LogP contribution in [-0.4, -0.2) is 17.7 Å². The first kappa shape index (κ1) is 12.4. The Kier molecular flexibility index (Phi) is 3.51. The summed E-state index contributed by atoms with van der Waals surface area (Å²) < 4.78 is 5.48. The second-order valence-electron chi connectivity index (χ2n) is 4.29. The van der Waals surface area contributed by atoms with Gasteiger partial charge in [0.05, 0.1) is 6.61 Å². The summed E-state index contributed by atoms with van der Waals surface area (Å²) in [6, 6.07) is 5.99. The molecule has 0 saturated carbocycles. The van der Waals surface area contributed by atoms with Crippen LogP contribution in [0.5, 0.6) is 5.75 Å². The molecule has 1 aromatic carbocycles. The van der Waals surface area contributed by atoms with Crippen LogP contribution in [0.4, 0.5) is 0 Å². The highest BCUT2D eigenvalue weighted by Gasteiger charge is 2.17. The molecule has 0 aliphatic heterocycles. The fraction of sp³-hybridized carbons (Fsp3) is 0.267. The van der Waals surface area contributed by atoms with E-state index in [0.29, 0.717) is 6.61 Å². The van der Waals surface area contributed by atoms with Crippen molar-refractivity contribution in [3.05, 3.63) is 47.1 Å². The van der Waals surface area contributed by atoms with Crippen molar-refractivity contribution in [1.82, 2.24) is 0 Å². The topological polar surface area (TPSA) is 46.5 Å². The van der Waals surface area contributed by atoms with Crippen LogP contribution in [-0.2, 0) is 11.2 Å². The number of rotatable bonds is 4. The fourth-order valence-electron chi connectivity index (χ4n) is 2.21. The molecule has 1 aromatic rings. The minimum Gasteiger partial charge on any atom is -0.494 e. The zero-order valence-corrected chi connectivity index (χ0v) is 10.6. The molecule has 0 spiro atoms. The van der Waals surface area contributed by atoms with Gasteiger partial charge in [-0.1, -0.05) is 11.6 Å². The summed E-state index contributed by atoms with van der Waals surface area (Å²) in [5, 5.41) is 8.71. The van der Waals surface area contributed by atoms with Crippen LogP contribution in [0.15, 0.2) is 35.9 Å². The summed E-state index contributed by atoms with van der Waals surface area (Å²) in [4.78, 5) is 10.6. The first-order valence-corrected chi connectivity index (χ1v) is 5.98. The predicted octanol–water partition coefficient (Wildman–Crippen LogP) is 3.06. The third kappa shape index (κ3) is 2.45. The Balaban J connectivity index is 2.37. The highest BCUT2D eigenvalue weighted by molar-refractivity contribution is 5.89. The Morgan fingerprint density at radius 2 is 2.28 bits per heavy atom. The minimum absolute atomic E-state index is 0.627. The van der Waals surface area contributed by atoms with E-state index in [0.717, 1.165) is 23.3 Å². The molecule has 3 nitrogen and oxygen atoms in total. The van der Waals surface area contributed by atoms with E-state index in [1.54, 1.807) is 6.08 Å². The molecule has 0 bridgehead atoms. The molecular formula is C15H16O3. The van der Waals surface area contributed by atoms with Crippen LogP contribution in [0, 0.1) is 0 Å². The number of carbonyl (C=O) groups is 1. The third-order valence-electron chi connectivity index (χ3n) is 2.99. The number of hydrogen-bond acceptors (Lipinski definition) is 2. The van der Waals surface area contributed by atoms with E-state index in [4.69, 9.17) is 9.84 Å². The lowest BCUT2D eigenvalue weighted by Gasteiger charge is -2.07. The van der Waals surface area contributed by atoms with Crippen LogP contribution in [0.2, 0.25) is 0 Å². The molecule has 18 heavy (non-hydrogen) atoms. The smallest absolute Gasteiger partial charge is 0.328 e. The molecule has 1 N–H and O–H groups in total. The van der Waals surface area contributed by atoms with E-state index in [-0.39, 0.29) is 0 Å². The second-order valence-corrected chi connectivity index (χ2v) is 4.29. The summed E-state index contributed by atoms with van der Waals surface area (Å²) in [6.07, 6.45) is 3.72. The number of benzene rings is 1. The summed E-state index contributed by atoms with van der Waals surface area (Å²) in [7, 11) is 0. The Morgan fingerprint density at radius 1 is 1.50 bits per heavy atom. The number of carboxylic acid groups (broad SMARTS) is 1. The van der Waals surface area contributed by atoms with Gasteiger partial charge >= 0.3 is 5.97 Å². The van der Waals surface area contributed by atoms with Crippen molar-refractivity contribution in [2.45, 2.75) is 20.3 Å². The fourth-order valence-corrected chi connectivity index (χ4v) is 2.21. The average molecular weight is 244 g/mol. The van der Waals surface area contributed by atoms with Crippen molar-refractivity contribution in [1.29, 1.82) is 0 Å². The standard InChI is InChI=1S/C15H16O3/c1-3-18-12-5-4-11-8-10(2)13(14(11)9-12)6-7-15(16)17/h4-7,9H,3,8H2,1-2H3,(H,16,17). The highest BCUT2D eigenvalue weighted by Crippen LogP contribution is 2.35. The van der Waals surface area contributed by atoms with Crippen molar-refractivity contribution in [2.24, 2.45) is 0 Å². The van der Waals surface area contributed by atoms with Gasteiger partial charge in [-0.3, -0.25) is 0 Å². The lowest BCUT2D eigenvalue weighted by atomic mass is 10.0. The molecule has 0 radical (unpaired) electrons. The van der Waals surface area contributed by atoms with Gasteiger partial charge in [0.25, 0.3) is 0 Å². The van der Waals surface area contributed by atoms with Gasteiger partial charge in [0, 0.05) is 6.08 Å². The molecular weight excluding hydrogens is 228 g/mol. The van der Waals surface area contributed by atoms with E-state index in [9.17, 15) is 4.79 Å². The van der Waals surface area contributed by atoms with E-state index in [1.165, 1.54) is 17.2 Å². The third-order valence-corrected chi connectivity index (χ3v) is 2.99.